The average Bonchev–Trinajstić information content (AvgIpc) is 2.24. The van der Waals surface area contributed by atoms with Crippen LogP contribution in [0.2, 0.25) is 0 Å². The monoisotopic (exact) mass is 227 g/mol. The molecule has 0 aliphatic heterocycles. The Hall–Kier alpha value is -1.13. The number of nitrogens with two attached hydrogens (primary N) is 1. The topological polar surface area (TPSA) is 66.5 Å². The molecular weight excluding hydrogens is 209 g/mol. The SMILES string of the molecule is Cc1ccc(F)c([C@@H](N)C(C)(C)CO)c1O. The van der Waals surface area contributed by atoms with Crippen LogP contribution in [-0.2, 0) is 0 Å². The zero-order chi connectivity index (χ0) is 12.5. The molecule has 3 nitrogen and oxygen atoms in total. The van der Waals surface area contributed by atoms with E-state index in [1.807, 2.05) is 0 Å². The molecule has 0 fully saturated rings. The van der Waals surface area contributed by atoms with Gasteiger partial charge in [0.05, 0.1) is 0 Å². The van der Waals surface area contributed by atoms with Crippen molar-refractivity contribution < 1.29 is 14.6 Å². The highest BCUT2D eigenvalue weighted by Crippen LogP contribution is 2.38. The minimum Gasteiger partial charge on any atom is -0.507 e. The quantitative estimate of drug-likeness (QED) is 0.738. The summed E-state index contributed by atoms with van der Waals surface area (Å²) in [4.78, 5) is 0. The molecule has 0 spiro atoms. The van der Waals surface area contributed by atoms with Crippen LogP contribution in [0.25, 0.3) is 0 Å². The third kappa shape index (κ3) is 2.18. The molecule has 4 heteroatoms. The summed E-state index contributed by atoms with van der Waals surface area (Å²) in [5, 5.41) is 19.0. The number of hydrogen-bond donors (Lipinski definition) is 3. The molecule has 0 amide bonds. The summed E-state index contributed by atoms with van der Waals surface area (Å²) in [6.07, 6.45) is 0. The molecule has 90 valence electrons. The molecule has 0 radical (unpaired) electrons. The minimum atomic E-state index is -0.752. The van der Waals surface area contributed by atoms with E-state index in [4.69, 9.17) is 5.73 Å². The van der Waals surface area contributed by atoms with E-state index in [1.54, 1.807) is 20.8 Å². The smallest absolute Gasteiger partial charge is 0.131 e. The van der Waals surface area contributed by atoms with Crippen molar-refractivity contribution in [2.24, 2.45) is 11.1 Å². The zero-order valence-corrected chi connectivity index (χ0v) is 9.79. The number of aliphatic hydroxyl groups excluding tert-OH is 1. The number of aryl methyl sites for hydroxylation is 1. The normalized spacial score (nSPS) is 13.9. The first-order valence-corrected chi connectivity index (χ1v) is 5.15. The molecule has 0 aromatic heterocycles. The second kappa shape index (κ2) is 4.39. The van der Waals surface area contributed by atoms with E-state index in [-0.39, 0.29) is 17.9 Å². The summed E-state index contributed by atoms with van der Waals surface area (Å²) in [5.74, 6) is -0.675. The van der Waals surface area contributed by atoms with Gasteiger partial charge in [-0.2, -0.15) is 0 Å². The molecule has 0 unspecified atom stereocenters. The molecule has 1 aromatic rings. The summed E-state index contributed by atoms with van der Waals surface area (Å²) >= 11 is 0. The maximum Gasteiger partial charge on any atom is 0.131 e. The van der Waals surface area contributed by atoms with Gasteiger partial charge in [0.1, 0.15) is 11.6 Å². The van der Waals surface area contributed by atoms with Gasteiger partial charge in [-0.1, -0.05) is 19.9 Å². The Labute approximate surface area is 94.7 Å². The number of phenols is 1. The van der Waals surface area contributed by atoms with Gasteiger partial charge in [-0.05, 0) is 18.6 Å². The Morgan fingerprint density at radius 3 is 2.50 bits per heavy atom. The van der Waals surface area contributed by atoms with Gasteiger partial charge in [0, 0.05) is 23.6 Å². The van der Waals surface area contributed by atoms with Gasteiger partial charge >= 0.3 is 0 Å². The molecule has 0 aliphatic rings. The zero-order valence-electron chi connectivity index (χ0n) is 9.79. The Kier molecular flexibility index (Phi) is 3.55. The number of aromatic hydroxyl groups is 1. The molecule has 0 heterocycles. The second-order valence-corrected chi connectivity index (χ2v) is 4.75. The Bertz CT molecular complexity index is 391. The number of hydrogen-bond acceptors (Lipinski definition) is 3. The van der Waals surface area contributed by atoms with Crippen LogP contribution in [0, 0.1) is 18.2 Å². The van der Waals surface area contributed by atoms with E-state index < -0.39 is 17.3 Å². The van der Waals surface area contributed by atoms with Crippen LogP contribution >= 0.6 is 0 Å². The van der Waals surface area contributed by atoms with Gasteiger partial charge < -0.3 is 15.9 Å². The Morgan fingerprint density at radius 1 is 1.44 bits per heavy atom. The third-order valence-corrected chi connectivity index (χ3v) is 2.93. The molecule has 1 aromatic carbocycles. The fourth-order valence-electron chi connectivity index (χ4n) is 1.48. The van der Waals surface area contributed by atoms with Crippen LogP contribution in [0.4, 0.5) is 4.39 Å². The predicted molar refractivity (Wildman–Crippen MR) is 60.6 cm³/mol. The molecule has 0 aliphatic carbocycles. The summed E-state index contributed by atoms with van der Waals surface area (Å²) in [6.45, 7) is 4.94. The van der Waals surface area contributed by atoms with Crippen LogP contribution in [0.1, 0.15) is 31.0 Å². The summed E-state index contributed by atoms with van der Waals surface area (Å²) in [5.41, 5.74) is 5.84. The molecule has 0 saturated carbocycles. The van der Waals surface area contributed by atoms with Gasteiger partial charge in [0.2, 0.25) is 0 Å². The number of halogens is 1. The molecule has 16 heavy (non-hydrogen) atoms. The van der Waals surface area contributed by atoms with E-state index >= 15 is 0 Å². The van der Waals surface area contributed by atoms with Gasteiger partial charge in [-0.15, -0.1) is 0 Å². The Balaban J connectivity index is 3.28. The van der Waals surface area contributed by atoms with Crippen molar-refractivity contribution in [1.82, 2.24) is 0 Å². The van der Waals surface area contributed by atoms with Crippen LogP contribution < -0.4 is 5.73 Å². The maximum absolute atomic E-state index is 13.6. The van der Waals surface area contributed by atoms with Crippen molar-refractivity contribution in [3.63, 3.8) is 0 Å². The molecule has 0 saturated heterocycles. The van der Waals surface area contributed by atoms with E-state index in [9.17, 15) is 14.6 Å². The van der Waals surface area contributed by atoms with Gasteiger partial charge in [0.15, 0.2) is 0 Å². The van der Waals surface area contributed by atoms with Crippen LogP contribution in [0.5, 0.6) is 5.75 Å². The highest BCUT2D eigenvalue weighted by atomic mass is 19.1. The van der Waals surface area contributed by atoms with E-state index in [1.165, 1.54) is 12.1 Å². The van der Waals surface area contributed by atoms with Crippen molar-refractivity contribution in [1.29, 1.82) is 0 Å². The van der Waals surface area contributed by atoms with Crippen molar-refractivity contribution in [3.8, 4) is 5.75 Å². The average molecular weight is 227 g/mol. The first-order chi connectivity index (χ1) is 7.31. The lowest BCUT2D eigenvalue weighted by Gasteiger charge is -2.30. The fourth-order valence-corrected chi connectivity index (χ4v) is 1.48. The maximum atomic E-state index is 13.6. The van der Waals surface area contributed by atoms with Gasteiger partial charge in [-0.25, -0.2) is 4.39 Å². The number of benzene rings is 1. The number of phenolic OH excluding ortho intramolecular Hbond substituents is 1. The van der Waals surface area contributed by atoms with Crippen molar-refractivity contribution >= 4 is 0 Å². The van der Waals surface area contributed by atoms with Crippen LogP contribution in [0.3, 0.4) is 0 Å². The first-order valence-electron chi connectivity index (χ1n) is 5.15. The lowest BCUT2D eigenvalue weighted by atomic mass is 9.81. The van der Waals surface area contributed by atoms with Gasteiger partial charge in [-0.3, -0.25) is 0 Å². The van der Waals surface area contributed by atoms with Crippen LogP contribution in [-0.4, -0.2) is 16.8 Å². The predicted octanol–water partition coefficient (Wildman–Crippen LogP) is 1.86. The molecule has 1 atom stereocenters. The minimum absolute atomic E-state index is 0.0686. The third-order valence-electron chi connectivity index (χ3n) is 2.93. The molecule has 1 rings (SSSR count). The highest BCUT2D eigenvalue weighted by Gasteiger charge is 2.31. The van der Waals surface area contributed by atoms with Gasteiger partial charge in [0.25, 0.3) is 0 Å². The lowest BCUT2D eigenvalue weighted by molar-refractivity contribution is 0.129. The fraction of sp³-hybridized carbons (Fsp3) is 0.500. The lowest BCUT2D eigenvalue weighted by Crippen LogP contribution is -2.33. The van der Waals surface area contributed by atoms with E-state index in [0.29, 0.717) is 5.56 Å². The first kappa shape index (κ1) is 12.9. The molecule has 4 N–H and O–H groups in total. The molecule has 0 bridgehead atoms. The Morgan fingerprint density at radius 2 is 2.00 bits per heavy atom. The van der Waals surface area contributed by atoms with Crippen molar-refractivity contribution in [2.45, 2.75) is 26.8 Å². The number of rotatable bonds is 3. The summed E-state index contributed by atoms with van der Waals surface area (Å²) in [7, 11) is 0. The second-order valence-electron chi connectivity index (χ2n) is 4.75. The van der Waals surface area contributed by atoms with Crippen molar-refractivity contribution in [3.05, 3.63) is 29.1 Å². The van der Waals surface area contributed by atoms with Crippen molar-refractivity contribution in [2.75, 3.05) is 6.61 Å². The number of aliphatic hydroxyl groups is 1. The highest BCUT2D eigenvalue weighted by molar-refractivity contribution is 5.43. The van der Waals surface area contributed by atoms with E-state index in [0.717, 1.165) is 0 Å². The summed E-state index contributed by atoms with van der Waals surface area (Å²) < 4.78 is 13.6. The summed E-state index contributed by atoms with van der Waals surface area (Å²) in [6, 6.07) is 2.02. The van der Waals surface area contributed by atoms with Crippen LogP contribution in [0.15, 0.2) is 12.1 Å². The largest absolute Gasteiger partial charge is 0.507 e. The van der Waals surface area contributed by atoms with E-state index in [2.05, 4.69) is 0 Å². The molecular formula is C12H18FNO2. The standard InChI is InChI=1S/C12H18FNO2/c1-7-4-5-8(13)9(10(7)16)11(14)12(2,3)6-15/h4-5,11,15-16H,6,14H2,1-3H3/t11-/m1/s1.